The summed E-state index contributed by atoms with van der Waals surface area (Å²) in [4.78, 5) is 31.0. The number of nitrogens with one attached hydrogen (secondary N) is 1. The first-order valence-electron chi connectivity index (χ1n) is 6.19. The molecule has 0 saturated carbocycles. The highest BCUT2D eigenvalue weighted by Crippen LogP contribution is 2.23. The largest absolute Gasteiger partial charge is 0.344 e. The number of hydrogen-bond acceptors (Lipinski definition) is 5. The van der Waals surface area contributed by atoms with Gasteiger partial charge in [0.25, 0.3) is 5.91 Å². The van der Waals surface area contributed by atoms with Crippen molar-refractivity contribution in [3.05, 3.63) is 39.0 Å². The van der Waals surface area contributed by atoms with E-state index in [9.17, 15) is 9.59 Å². The zero-order valence-corrected chi connectivity index (χ0v) is 13.5. The number of nitrogens with zero attached hydrogens (tertiary/aromatic N) is 2. The smallest absolute Gasteiger partial charge is 0.265 e. The molecule has 0 bridgehead atoms. The molecule has 0 aliphatic carbocycles. The fourth-order valence-corrected chi connectivity index (χ4v) is 3.15. The number of rotatable bonds is 4. The van der Waals surface area contributed by atoms with Crippen LogP contribution in [0.2, 0.25) is 0 Å². The highest BCUT2D eigenvalue weighted by atomic mass is 32.1. The van der Waals surface area contributed by atoms with Crippen LogP contribution in [0.3, 0.4) is 0 Å². The van der Waals surface area contributed by atoms with Crippen LogP contribution in [0.5, 0.6) is 0 Å². The van der Waals surface area contributed by atoms with Crippen molar-refractivity contribution in [1.29, 1.82) is 0 Å². The zero-order chi connectivity index (χ0) is 15.4. The molecule has 7 heteroatoms. The fraction of sp³-hybridized carbons (Fsp3) is 0.214. The normalized spacial score (nSPS) is 10.8. The molecule has 110 valence electrons. The lowest BCUT2D eigenvalue weighted by Gasteiger charge is -2.07. The van der Waals surface area contributed by atoms with Crippen LogP contribution in [-0.4, -0.2) is 35.8 Å². The summed E-state index contributed by atoms with van der Waals surface area (Å²) in [5.74, 6) is -0.374. The lowest BCUT2D eigenvalue weighted by Crippen LogP contribution is -2.21. The topological polar surface area (TPSA) is 62.3 Å². The summed E-state index contributed by atoms with van der Waals surface area (Å²) >= 11 is 2.74. The molecule has 2 heterocycles. The highest BCUT2D eigenvalue weighted by molar-refractivity contribution is 7.17. The molecule has 2 rings (SSSR count). The van der Waals surface area contributed by atoms with Gasteiger partial charge >= 0.3 is 0 Å². The average Bonchev–Trinajstić information content (AvgIpc) is 3.05. The van der Waals surface area contributed by atoms with Crippen molar-refractivity contribution in [2.45, 2.75) is 6.92 Å². The van der Waals surface area contributed by atoms with E-state index in [1.54, 1.807) is 38.4 Å². The SMILES string of the molecule is Cc1nc(NC(=O)/C=C\c2cccs2)sc1C(=O)N(C)C. The van der Waals surface area contributed by atoms with Gasteiger partial charge in [-0.3, -0.25) is 14.9 Å². The summed E-state index contributed by atoms with van der Waals surface area (Å²) in [6, 6.07) is 3.85. The van der Waals surface area contributed by atoms with E-state index in [-0.39, 0.29) is 11.8 Å². The van der Waals surface area contributed by atoms with E-state index in [2.05, 4.69) is 10.3 Å². The Morgan fingerprint density at radius 2 is 2.14 bits per heavy atom. The third-order valence-electron chi connectivity index (χ3n) is 2.57. The predicted molar refractivity (Wildman–Crippen MR) is 86.9 cm³/mol. The van der Waals surface area contributed by atoms with Crippen LogP contribution in [0.1, 0.15) is 20.2 Å². The van der Waals surface area contributed by atoms with Gasteiger partial charge in [0.15, 0.2) is 5.13 Å². The Balaban J connectivity index is 2.05. The summed E-state index contributed by atoms with van der Waals surface area (Å²) in [5.41, 5.74) is 0.622. The van der Waals surface area contributed by atoms with Gasteiger partial charge in [-0.2, -0.15) is 0 Å². The molecule has 0 unspecified atom stereocenters. The monoisotopic (exact) mass is 321 g/mol. The van der Waals surface area contributed by atoms with Gasteiger partial charge in [-0.1, -0.05) is 17.4 Å². The molecule has 0 aliphatic heterocycles. The van der Waals surface area contributed by atoms with Gasteiger partial charge in [0.1, 0.15) is 4.88 Å². The van der Waals surface area contributed by atoms with Gasteiger partial charge in [-0.05, 0) is 24.4 Å². The Morgan fingerprint density at radius 3 is 2.76 bits per heavy atom. The van der Waals surface area contributed by atoms with Crippen molar-refractivity contribution in [1.82, 2.24) is 9.88 Å². The Kier molecular flexibility index (Phi) is 4.87. The standard InChI is InChI=1S/C14H15N3O2S2/c1-9-12(13(19)17(2)3)21-14(15-9)16-11(18)7-6-10-5-4-8-20-10/h4-8H,1-3H3,(H,15,16,18)/b7-6-. The number of carbonyl (C=O) groups excluding carboxylic acids is 2. The van der Waals surface area contributed by atoms with Crippen LogP contribution in [0.25, 0.3) is 6.08 Å². The minimum atomic E-state index is -0.263. The Hall–Kier alpha value is -1.99. The second-order valence-electron chi connectivity index (χ2n) is 4.47. The maximum atomic E-state index is 11.9. The number of thiophene rings is 1. The molecule has 0 aromatic carbocycles. The number of aryl methyl sites for hydroxylation is 1. The Morgan fingerprint density at radius 1 is 1.38 bits per heavy atom. The van der Waals surface area contributed by atoms with Gasteiger partial charge in [-0.15, -0.1) is 11.3 Å². The lowest BCUT2D eigenvalue weighted by atomic mass is 10.3. The Bertz CT molecular complexity index is 672. The van der Waals surface area contributed by atoms with Gasteiger partial charge in [0.05, 0.1) is 5.69 Å². The molecule has 0 saturated heterocycles. The molecule has 0 fully saturated rings. The van der Waals surface area contributed by atoms with E-state index in [1.807, 2.05) is 17.5 Å². The third-order valence-corrected chi connectivity index (χ3v) is 4.47. The molecule has 0 spiro atoms. The van der Waals surface area contributed by atoms with E-state index < -0.39 is 0 Å². The minimum absolute atomic E-state index is 0.111. The highest BCUT2D eigenvalue weighted by Gasteiger charge is 2.17. The van der Waals surface area contributed by atoms with Crippen LogP contribution >= 0.6 is 22.7 Å². The first kappa shape index (κ1) is 15.4. The fourth-order valence-electron chi connectivity index (χ4n) is 1.54. The van der Waals surface area contributed by atoms with Gasteiger partial charge < -0.3 is 4.90 Å². The van der Waals surface area contributed by atoms with Crippen LogP contribution in [-0.2, 0) is 4.79 Å². The second-order valence-corrected chi connectivity index (χ2v) is 6.45. The molecular weight excluding hydrogens is 306 g/mol. The first-order chi connectivity index (χ1) is 9.97. The maximum absolute atomic E-state index is 11.9. The van der Waals surface area contributed by atoms with Crippen LogP contribution < -0.4 is 5.32 Å². The van der Waals surface area contributed by atoms with E-state index in [4.69, 9.17) is 0 Å². The number of hydrogen-bond donors (Lipinski definition) is 1. The van der Waals surface area contributed by atoms with Crippen molar-refractivity contribution in [2.75, 3.05) is 19.4 Å². The van der Waals surface area contributed by atoms with Crippen molar-refractivity contribution < 1.29 is 9.59 Å². The molecule has 0 radical (unpaired) electrons. The van der Waals surface area contributed by atoms with Crippen molar-refractivity contribution in [3.8, 4) is 0 Å². The number of amides is 2. The van der Waals surface area contributed by atoms with Crippen molar-refractivity contribution >= 4 is 45.7 Å². The summed E-state index contributed by atoms with van der Waals surface area (Å²) in [7, 11) is 3.37. The summed E-state index contributed by atoms with van der Waals surface area (Å²) in [5, 5.41) is 5.05. The van der Waals surface area contributed by atoms with Gasteiger partial charge in [-0.25, -0.2) is 4.98 Å². The molecule has 21 heavy (non-hydrogen) atoms. The second kappa shape index (κ2) is 6.64. The molecule has 1 N–H and O–H groups in total. The van der Waals surface area contributed by atoms with Gasteiger partial charge in [0, 0.05) is 25.0 Å². The van der Waals surface area contributed by atoms with E-state index in [0.29, 0.717) is 15.7 Å². The average molecular weight is 321 g/mol. The quantitative estimate of drug-likeness (QED) is 0.881. The minimum Gasteiger partial charge on any atom is -0.344 e. The van der Waals surface area contributed by atoms with E-state index in [0.717, 1.165) is 4.88 Å². The van der Waals surface area contributed by atoms with Crippen molar-refractivity contribution in [3.63, 3.8) is 0 Å². The summed E-state index contributed by atoms with van der Waals surface area (Å²) in [6.45, 7) is 1.75. The molecule has 0 aliphatic rings. The number of anilines is 1. The molecule has 0 atom stereocenters. The van der Waals surface area contributed by atoms with Crippen LogP contribution in [0.4, 0.5) is 5.13 Å². The number of carbonyl (C=O) groups is 2. The first-order valence-corrected chi connectivity index (χ1v) is 7.88. The Labute approximate surface area is 130 Å². The molecule has 2 aromatic rings. The van der Waals surface area contributed by atoms with Gasteiger partial charge in [0.2, 0.25) is 5.91 Å². The molecule has 2 aromatic heterocycles. The molecular formula is C14H15N3O2S2. The molecule has 2 amide bonds. The van der Waals surface area contributed by atoms with Crippen LogP contribution in [0, 0.1) is 6.92 Å². The van der Waals surface area contributed by atoms with Crippen LogP contribution in [0.15, 0.2) is 23.6 Å². The summed E-state index contributed by atoms with van der Waals surface area (Å²) < 4.78 is 0. The summed E-state index contributed by atoms with van der Waals surface area (Å²) in [6.07, 6.45) is 3.20. The van der Waals surface area contributed by atoms with Crippen molar-refractivity contribution in [2.24, 2.45) is 0 Å². The van der Waals surface area contributed by atoms with E-state index in [1.165, 1.54) is 22.3 Å². The number of aromatic nitrogens is 1. The third kappa shape index (κ3) is 3.99. The molecule has 5 nitrogen and oxygen atoms in total. The van der Waals surface area contributed by atoms with E-state index >= 15 is 0 Å². The number of thiazole rings is 1. The predicted octanol–water partition coefficient (Wildman–Crippen LogP) is 2.87. The maximum Gasteiger partial charge on any atom is 0.265 e. The zero-order valence-electron chi connectivity index (χ0n) is 11.9. The lowest BCUT2D eigenvalue weighted by molar-refractivity contribution is -0.111.